The largest absolute Gasteiger partial charge is 0.497 e. The van der Waals surface area contributed by atoms with Gasteiger partial charge in [0.25, 0.3) is 0 Å². The molecule has 2 heterocycles. The molecule has 0 unspecified atom stereocenters. The number of thiazole rings is 1. The molecule has 0 saturated carbocycles. The van der Waals surface area contributed by atoms with Gasteiger partial charge in [-0.15, -0.1) is 21.5 Å². The predicted molar refractivity (Wildman–Crippen MR) is 131 cm³/mol. The number of hydrogen-bond donors (Lipinski definition) is 1. The van der Waals surface area contributed by atoms with Gasteiger partial charge in [0.1, 0.15) is 11.5 Å². The van der Waals surface area contributed by atoms with Gasteiger partial charge >= 0.3 is 0 Å². The molecule has 1 amide bonds. The predicted octanol–water partition coefficient (Wildman–Crippen LogP) is 4.66. The maximum Gasteiger partial charge on any atom is 0.236 e. The van der Waals surface area contributed by atoms with Crippen LogP contribution in [0.4, 0.5) is 5.13 Å². The van der Waals surface area contributed by atoms with Crippen molar-refractivity contribution in [1.82, 2.24) is 19.7 Å². The molecule has 0 spiro atoms. The van der Waals surface area contributed by atoms with E-state index in [4.69, 9.17) is 9.47 Å². The van der Waals surface area contributed by atoms with E-state index in [1.165, 1.54) is 23.1 Å². The van der Waals surface area contributed by atoms with E-state index < -0.39 is 0 Å². The quantitative estimate of drug-likeness (QED) is 0.366. The molecular weight excluding hydrogens is 458 g/mol. The number of benzene rings is 2. The second kappa shape index (κ2) is 10.1. The molecule has 8 nitrogen and oxygen atoms in total. The number of nitrogens with one attached hydrogen (secondary N) is 1. The number of anilines is 1. The molecule has 0 fully saturated rings. The van der Waals surface area contributed by atoms with Crippen molar-refractivity contribution >= 4 is 34.1 Å². The van der Waals surface area contributed by atoms with Gasteiger partial charge in [-0.25, -0.2) is 4.98 Å². The molecule has 0 radical (unpaired) electrons. The van der Waals surface area contributed by atoms with Crippen LogP contribution in [-0.4, -0.2) is 45.6 Å². The van der Waals surface area contributed by atoms with Gasteiger partial charge in [-0.3, -0.25) is 4.79 Å². The van der Waals surface area contributed by atoms with Crippen LogP contribution in [0.2, 0.25) is 0 Å². The van der Waals surface area contributed by atoms with Crippen LogP contribution in [0.1, 0.15) is 5.56 Å². The van der Waals surface area contributed by atoms with Crippen LogP contribution < -0.4 is 14.8 Å². The van der Waals surface area contributed by atoms with Crippen molar-refractivity contribution in [2.45, 2.75) is 12.1 Å². The van der Waals surface area contributed by atoms with E-state index in [1.54, 1.807) is 14.2 Å². The fourth-order valence-corrected chi connectivity index (χ4v) is 4.69. The minimum atomic E-state index is -0.168. The summed E-state index contributed by atoms with van der Waals surface area (Å²) in [6.45, 7) is 2.04. The van der Waals surface area contributed by atoms with Crippen molar-refractivity contribution in [2.24, 2.45) is 7.05 Å². The molecule has 33 heavy (non-hydrogen) atoms. The molecule has 0 saturated heterocycles. The van der Waals surface area contributed by atoms with E-state index in [-0.39, 0.29) is 11.7 Å². The molecule has 2 aromatic heterocycles. The molecule has 0 atom stereocenters. The highest BCUT2D eigenvalue weighted by Gasteiger charge is 2.16. The van der Waals surface area contributed by atoms with Gasteiger partial charge in [-0.1, -0.05) is 36.0 Å². The number of methoxy groups -OCH3 is 2. The van der Waals surface area contributed by atoms with Crippen LogP contribution in [-0.2, 0) is 11.8 Å². The van der Waals surface area contributed by atoms with Crippen LogP contribution in [0.25, 0.3) is 22.6 Å². The molecule has 4 aromatic rings. The minimum absolute atomic E-state index is 0.168. The molecule has 0 aliphatic heterocycles. The Morgan fingerprint density at radius 3 is 2.70 bits per heavy atom. The number of carbonyl (C=O) groups excluding carboxylic acids is 1. The van der Waals surface area contributed by atoms with Gasteiger partial charge < -0.3 is 19.4 Å². The second-order valence-corrected chi connectivity index (χ2v) is 8.92. The third-order valence-corrected chi connectivity index (χ3v) is 6.76. The fraction of sp³-hybridized carbons (Fsp3) is 0.217. The lowest BCUT2D eigenvalue weighted by atomic mass is 10.1. The summed E-state index contributed by atoms with van der Waals surface area (Å²) in [6.07, 6.45) is 0. The first-order valence-corrected chi connectivity index (χ1v) is 11.9. The fourth-order valence-electron chi connectivity index (χ4n) is 3.25. The summed E-state index contributed by atoms with van der Waals surface area (Å²) in [5, 5.41) is 14.5. The topological polar surface area (TPSA) is 91.2 Å². The monoisotopic (exact) mass is 481 g/mol. The Kier molecular flexibility index (Phi) is 6.95. The molecule has 170 valence electrons. The number of carbonyl (C=O) groups is 1. The van der Waals surface area contributed by atoms with Crippen molar-refractivity contribution < 1.29 is 14.3 Å². The molecule has 1 N–H and O–H groups in total. The first-order chi connectivity index (χ1) is 16.0. The summed E-state index contributed by atoms with van der Waals surface area (Å²) in [5.74, 6) is 2.18. The first-order valence-electron chi connectivity index (χ1n) is 10.1. The highest BCUT2D eigenvalue weighted by molar-refractivity contribution is 7.99. The average Bonchev–Trinajstić information content (AvgIpc) is 3.44. The Morgan fingerprint density at radius 1 is 1.12 bits per heavy atom. The Morgan fingerprint density at radius 2 is 1.94 bits per heavy atom. The normalized spacial score (nSPS) is 10.8. The molecule has 0 aliphatic carbocycles. The Bertz CT molecular complexity index is 1280. The smallest absolute Gasteiger partial charge is 0.236 e. The van der Waals surface area contributed by atoms with Crippen LogP contribution in [0.3, 0.4) is 0 Å². The van der Waals surface area contributed by atoms with E-state index in [9.17, 15) is 4.79 Å². The Hall–Kier alpha value is -3.37. The summed E-state index contributed by atoms with van der Waals surface area (Å²) >= 11 is 2.68. The number of rotatable bonds is 8. The van der Waals surface area contributed by atoms with Gasteiger partial charge in [0.05, 0.1) is 25.7 Å². The molecular formula is C23H23N5O3S2. The number of amides is 1. The maximum absolute atomic E-state index is 12.5. The molecule has 10 heteroatoms. The van der Waals surface area contributed by atoms with Crippen molar-refractivity contribution in [3.63, 3.8) is 0 Å². The van der Waals surface area contributed by atoms with Crippen molar-refractivity contribution in [3.8, 4) is 34.1 Å². The van der Waals surface area contributed by atoms with E-state index >= 15 is 0 Å². The van der Waals surface area contributed by atoms with E-state index in [0.29, 0.717) is 27.5 Å². The number of aromatic nitrogens is 4. The maximum atomic E-state index is 12.5. The zero-order valence-corrected chi connectivity index (χ0v) is 20.3. The molecule has 0 aliphatic rings. The van der Waals surface area contributed by atoms with Crippen molar-refractivity contribution in [3.05, 3.63) is 53.4 Å². The number of nitrogens with zero attached hydrogens (tertiary/aromatic N) is 4. The van der Waals surface area contributed by atoms with Crippen LogP contribution >= 0.6 is 23.1 Å². The third-order valence-electron chi connectivity index (χ3n) is 4.99. The summed E-state index contributed by atoms with van der Waals surface area (Å²) in [5.41, 5.74) is 3.64. The molecule has 4 rings (SSSR count). The number of thioether (sulfide) groups is 1. The van der Waals surface area contributed by atoms with Crippen molar-refractivity contribution in [1.29, 1.82) is 0 Å². The lowest BCUT2D eigenvalue weighted by Crippen LogP contribution is -2.14. The van der Waals surface area contributed by atoms with Gasteiger partial charge in [0.2, 0.25) is 5.91 Å². The zero-order valence-electron chi connectivity index (χ0n) is 18.7. The first kappa shape index (κ1) is 22.8. The Balaban J connectivity index is 1.41. The van der Waals surface area contributed by atoms with Gasteiger partial charge in [-0.05, 0) is 30.7 Å². The van der Waals surface area contributed by atoms with Crippen molar-refractivity contribution in [2.75, 3.05) is 25.3 Å². The summed E-state index contributed by atoms with van der Waals surface area (Å²) in [4.78, 5) is 17.1. The van der Waals surface area contributed by atoms with E-state index in [1.807, 2.05) is 66.4 Å². The van der Waals surface area contributed by atoms with Crippen LogP contribution in [0.15, 0.2) is 53.0 Å². The highest BCUT2D eigenvalue weighted by atomic mass is 32.2. The average molecular weight is 482 g/mol. The Labute approximate surface area is 200 Å². The molecule has 2 aromatic carbocycles. The number of ether oxygens (including phenoxy) is 2. The van der Waals surface area contributed by atoms with Gasteiger partial charge in [0.15, 0.2) is 16.1 Å². The highest BCUT2D eigenvalue weighted by Crippen LogP contribution is 2.35. The third kappa shape index (κ3) is 5.01. The minimum Gasteiger partial charge on any atom is -0.497 e. The molecule has 0 bridgehead atoms. The van der Waals surface area contributed by atoms with E-state index in [2.05, 4.69) is 20.5 Å². The SMILES string of the molecule is COc1ccc(OC)c(-c2csc(NC(=O)CSc3nnc(-c4ccccc4C)n3C)n2)c1. The number of hydrogen-bond acceptors (Lipinski definition) is 8. The summed E-state index contributed by atoms with van der Waals surface area (Å²) < 4.78 is 12.6. The van der Waals surface area contributed by atoms with Gasteiger partial charge in [-0.2, -0.15) is 0 Å². The van der Waals surface area contributed by atoms with Crippen LogP contribution in [0, 0.1) is 6.92 Å². The van der Waals surface area contributed by atoms with Gasteiger partial charge in [0, 0.05) is 23.6 Å². The summed E-state index contributed by atoms with van der Waals surface area (Å²) in [6, 6.07) is 13.5. The summed E-state index contributed by atoms with van der Waals surface area (Å²) in [7, 11) is 5.11. The number of aryl methyl sites for hydroxylation is 1. The van der Waals surface area contributed by atoms with Crippen LogP contribution in [0.5, 0.6) is 11.5 Å². The van der Waals surface area contributed by atoms with E-state index in [0.717, 1.165) is 22.5 Å². The lowest BCUT2D eigenvalue weighted by Gasteiger charge is -2.08. The lowest BCUT2D eigenvalue weighted by molar-refractivity contribution is -0.113. The second-order valence-electron chi connectivity index (χ2n) is 7.12. The standard InChI is InChI=1S/C23H23N5O3S2/c1-14-7-5-6-8-16(14)21-26-27-23(28(21)2)33-13-20(29)25-22-24-18(12-32-22)17-11-15(30-3)9-10-19(17)31-4/h5-12H,13H2,1-4H3,(H,24,25,29). The zero-order chi connectivity index (χ0) is 23.4.